The second-order valence-corrected chi connectivity index (χ2v) is 8.41. The van der Waals surface area contributed by atoms with Crippen molar-refractivity contribution in [1.29, 1.82) is 0 Å². The first-order valence-corrected chi connectivity index (χ1v) is 9.81. The number of nitrogen functional groups attached to an aromatic ring is 1. The van der Waals surface area contributed by atoms with Crippen LogP contribution >= 0.6 is 11.8 Å². The first-order valence-electron chi connectivity index (χ1n) is 8.82. The fourth-order valence-electron chi connectivity index (χ4n) is 2.75. The van der Waals surface area contributed by atoms with Gasteiger partial charge in [0.25, 0.3) is 0 Å². The lowest BCUT2D eigenvalue weighted by Gasteiger charge is -2.19. The molecule has 0 aliphatic carbocycles. The van der Waals surface area contributed by atoms with E-state index < -0.39 is 5.97 Å². The Morgan fingerprint density at radius 1 is 1.25 bits per heavy atom. The minimum absolute atomic E-state index is 0.0835. The molecule has 0 aliphatic heterocycles. The van der Waals surface area contributed by atoms with E-state index >= 15 is 0 Å². The quantitative estimate of drug-likeness (QED) is 0.394. The molecule has 2 aromatic heterocycles. The van der Waals surface area contributed by atoms with Gasteiger partial charge >= 0.3 is 5.97 Å². The molecule has 8 heteroatoms. The number of methoxy groups -OCH3 is 1. The number of ether oxygens (including phenoxy) is 1. The summed E-state index contributed by atoms with van der Waals surface area (Å²) in [5.41, 5.74) is 2.65. The molecule has 2 N–H and O–H groups in total. The van der Waals surface area contributed by atoms with Gasteiger partial charge < -0.3 is 15.0 Å². The van der Waals surface area contributed by atoms with Gasteiger partial charge in [-0.05, 0) is 24.0 Å². The number of carbonyl (C=O) groups excluding carboxylic acids is 1. The highest BCUT2D eigenvalue weighted by Crippen LogP contribution is 2.28. The molecule has 0 saturated carbocycles. The summed E-state index contributed by atoms with van der Waals surface area (Å²) < 4.78 is 11.8. The molecule has 0 atom stereocenters. The van der Waals surface area contributed by atoms with Crippen molar-refractivity contribution in [2.24, 2.45) is 0 Å². The molecule has 3 rings (SSSR count). The number of nitrogens with two attached hydrogens (primary N) is 1. The average molecular weight is 401 g/mol. The van der Waals surface area contributed by atoms with Gasteiger partial charge in [-0.1, -0.05) is 56.8 Å². The van der Waals surface area contributed by atoms with E-state index in [1.54, 1.807) is 13.0 Å². The van der Waals surface area contributed by atoms with E-state index in [9.17, 15) is 4.79 Å². The van der Waals surface area contributed by atoms with Crippen LogP contribution in [0.3, 0.4) is 0 Å². The maximum Gasteiger partial charge on any atom is 0.341 e. The number of rotatable bonds is 5. The average Bonchev–Trinajstić information content (AvgIpc) is 3.21. The SMILES string of the molecule is COC(=O)c1cc(CSc2nnc(-c3ccc(C(C)(C)C)cc3)n2N)oc1C. The zero-order valence-electron chi connectivity index (χ0n) is 16.6. The number of nitrogens with zero attached hydrogens (tertiary/aromatic N) is 3. The summed E-state index contributed by atoms with van der Waals surface area (Å²) in [6.07, 6.45) is 0. The van der Waals surface area contributed by atoms with Gasteiger partial charge in [-0.15, -0.1) is 10.2 Å². The van der Waals surface area contributed by atoms with Crippen molar-refractivity contribution in [1.82, 2.24) is 14.9 Å². The lowest BCUT2D eigenvalue weighted by molar-refractivity contribution is 0.0599. The Balaban J connectivity index is 1.74. The van der Waals surface area contributed by atoms with Crippen molar-refractivity contribution in [3.63, 3.8) is 0 Å². The minimum Gasteiger partial charge on any atom is -0.465 e. The molecule has 0 saturated heterocycles. The van der Waals surface area contributed by atoms with Gasteiger partial charge in [0.2, 0.25) is 5.16 Å². The molecule has 0 spiro atoms. The molecule has 0 radical (unpaired) electrons. The van der Waals surface area contributed by atoms with Crippen molar-refractivity contribution >= 4 is 17.7 Å². The molecule has 7 nitrogen and oxygen atoms in total. The third-order valence-electron chi connectivity index (χ3n) is 4.39. The van der Waals surface area contributed by atoms with Crippen LogP contribution in [0.1, 0.15) is 48.2 Å². The Morgan fingerprint density at radius 2 is 1.93 bits per heavy atom. The number of thioether (sulfide) groups is 1. The molecule has 0 bridgehead atoms. The fourth-order valence-corrected chi connectivity index (χ4v) is 3.49. The summed E-state index contributed by atoms with van der Waals surface area (Å²) in [5.74, 6) is 8.00. The lowest BCUT2D eigenvalue weighted by Crippen LogP contribution is -2.12. The molecule has 0 fully saturated rings. The van der Waals surface area contributed by atoms with E-state index in [1.165, 1.54) is 29.1 Å². The summed E-state index contributed by atoms with van der Waals surface area (Å²) in [4.78, 5) is 11.7. The van der Waals surface area contributed by atoms with Crippen LogP contribution in [0.25, 0.3) is 11.4 Å². The Labute approximate surface area is 168 Å². The number of aryl methyl sites for hydroxylation is 1. The summed E-state index contributed by atoms with van der Waals surface area (Å²) in [6.45, 7) is 8.24. The number of hydrogen-bond acceptors (Lipinski definition) is 7. The van der Waals surface area contributed by atoms with Crippen LogP contribution < -0.4 is 5.84 Å². The van der Waals surface area contributed by atoms with Crippen LogP contribution in [0, 0.1) is 6.92 Å². The summed E-state index contributed by atoms with van der Waals surface area (Å²) in [5, 5.41) is 8.95. The number of furan rings is 1. The van der Waals surface area contributed by atoms with Crippen molar-refractivity contribution in [2.45, 2.75) is 44.0 Å². The largest absolute Gasteiger partial charge is 0.465 e. The van der Waals surface area contributed by atoms with E-state index in [1.807, 2.05) is 12.1 Å². The van der Waals surface area contributed by atoms with Crippen LogP contribution in [0.4, 0.5) is 0 Å². The third kappa shape index (κ3) is 4.06. The predicted molar refractivity (Wildman–Crippen MR) is 109 cm³/mol. The second kappa shape index (κ2) is 7.71. The maximum absolute atomic E-state index is 11.7. The number of esters is 1. The molecule has 0 unspecified atom stereocenters. The van der Waals surface area contributed by atoms with E-state index in [4.69, 9.17) is 15.0 Å². The van der Waals surface area contributed by atoms with Gasteiger partial charge in [0.1, 0.15) is 17.1 Å². The molecule has 2 heterocycles. The Hall–Kier alpha value is -2.74. The van der Waals surface area contributed by atoms with Gasteiger partial charge in [-0.25, -0.2) is 9.47 Å². The minimum atomic E-state index is -0.416. The van der Waals surface area contributed by atoms with Crippen LogP contribution in [-0.2, 0) is 15.9 Å². The zero-order chi connectivity index (χ0) is 20.5. The first kappa shape index (κ1) is 20.0. The highest BCUT2D eigenvalue weighted by Gasteiger charge is 2.18. The Morgan fingerprint density at radius 3 is 2.54 bits per heavy atom. The molecule has 1 aromatic carbocycles. The molecular formula is C20H24N4O3S. The Bertz CT molecular complexity index is 984. The summed E-state index contributed by atoms with van der Waals surface area (Å²) in [6, 6.07) is 9.84. The Kier molecular flexibility index (Phi) is 5.51. The van der Waals surface area contributed by atoms with E-state index in [0.29, 0.717) is 33.8 Å². The summed E-state index contributed by atoms with van der Waals surface area (Å²) in [7, 11) is 1.34. The van der Waals surface area contributed by atoms with E-state index in [2.05, 4.69) is 43.1 Å². The fraction of sp³-hybridized carbons (Fsp3) is 0.350. The number of hydrogen-bond donors (Lipinski definition) is 1. The smallest absolute Gasteiger partial charge is 0.341 e. The summed E-state index contributed by atoms with van der Waals surface area (Å²) >= 11 is 1.38. The van der Waals surface area contributed by atoms with Crippen molar-refractivity contribution in [3.8, 4) is 11.4 Å². The van der Waals surface area contributed by atoms with Gasteiger partial charge in [-0.2, -0.15) is 0 Å². The number of benzene rings is 1. The van der Waals surface area contributed by atoms with E-state index in [-0.39, 0.29) is 5.41 Å². The van der Waals surface area contributed by atoms with Crippen molar-refractivity contribution in [3.05, 3.63) is 53.0 Å². The topological polar surface area (TPSA) is 96.2 Å². The van der Waals surface area contributed by atoms with Crippen LogP contribution in [0.2, 0.25) is 0 Å². The number of aromatic nitrogens is 3. The second-order valence-electron chi connectivity index (χ2n) is 7.47. The lowest BCUT2D eigenvalue weighted by atomic mass is 9.87. The van der Waals surface area contributed by atoms with Gasteiger partial charge in [0.15, 0.2) is 5.82 Å². The van der Waals surface area contributed by atoms with Gasteiger partial charge in [0.05, 0.1) is 12.9 Å². The third-order valence-corrected chi connectivity index (χ3v) is 5.36. The monoisotopic (exact) mass is 400 g/mol. The first-order chi connectivity index (χ1) is 13.2. The van der Waals surface area contributed by atoms with Crippen LogP contribution in [0.15, 0.2) is 39.9 Å². The normalized spacial score (nSPS) is 11.6. The van der Waals surface area contributed by atoms with Crippen molar-refractivity contribution < 1.29 is 13.9 Å². The van der Waals surface area contributed by atoms with Crippen LogP contribution in [-0.4, -0.2) is 28.0 Å². The molecule has 0 amide bonds. The zero-order valence-corrected chi connectivity index (χ0v) is 17.5. The molecular weight excluding hydrogens is 376 g/mol. The van der Waals surface area contributed by atoms with E-state index in [0.717, 1.165) is 5.56 Å². The maximum atomic E-state index is 11.7. The molecule has 3 aromatic rings. The highest BCUT2D eigenvalue weighted by atomic mass is 32.2. The predicted octanol–water partition coefficient (Wildman–Crippen LogP) is 3.94. The van der Waals surface area contributed by atoms with Crippen molar-refractivity contribution in [2.75, 3.05) is 13.0 Å². The molecule has 28 heavy (non-hydrogen) atoms. The van der Waals surface area contributed by atoms with Gasteiger partial charge in [0, 0.05) is 5.56 Å². The molecule has 148 valence electrons. The molecule has 0 aliphatic rings. The van der Waals surface area contributed by atoms with Gasteiger partial charge in [-0.3, -0.25) is 0 Å². The standard InChI is InChI=1S/C20H24N4O3S/c1-12-16(18(25)26-5)10-15(27-12)11-28-19-23-22-17(24(19)21)13-6-8-14(9-7-13)20(2,3)4/h6-10H,11,21H2,1-5H3. The highest BCUT2D eigenvalue weighted by molar-refractivity contribution is 7.98. The number of carbonyl (C=O) groups is 1. The van der Waals surface area contributed by atoms with Crippen LogP contribution in [0.5, 0.6) is 0 Å².